The first-order chi connectivity index (χ1) is 19.5. The molecule has 4 aliphatic carbocycles. The first-order valence-corrected chi connectivity index (χ1v) is 15.5. The van der Waals surface area contributed by atoms with Crippen LogP contribution in [0.5, 0.6) is 5.75 Å². The van der Waals surface area contributed by atoms with E-state index in [-0.39, 0.29) is 11.4 Å². The van der Waals surface area contributed by atoms with Gasteiger partial charge in [-0.25, -0.2) is 4.79 Å². The van der Waals surface area contributed by atoms with E-state index in [1.165, 1.54) is 18.4 Å². The molecule has 0 amide bonds. The predicted molar refractivity (Wildman–Crippen MR) is 161 cm³/mol. The maximum absolute atomic E-state index is 13.4. The Morgan fingerprint density at radius 3 is 2.30 bits per heavy atom. The average Bonchev–Trinajstić information content (AvgIpc) is 2.94. The van der Waals surface area contributed by atoms with Crippen molar-refractivity contribution in [2.75, 3.05) is 13.2 Å². The van der Waals surface area contributed by atoms with Gasteiger partial charge in [-0.3, -0.25) is 0 Å². The molecule has 40 heavy (non-hydrogen) atoms. The first kappa shape index (κ1) is 26.2. The largest absolute Gasteiger partial charge is 0.490 e. The molecule has 0 heterocycles. The lowest BCUT2D eigenvalue weighted by Gasteiger charge is -2.91. The molecule has 0 saturated heterocycles. The Bertz CT molecular complexity index is 1380. The SMILES string of the molecule is CCC(C)c1ccc(C(=O)OC(OCCOc2c(P)cccc2-c2ccccc2)C23CC4CC5CC(C2)C543)cc1. The van der Waals surface area contributed by atoms with Crippen molar-refractivity contribution in [3.63, 3.8) is 0 Å². The zero-order chi connectivity index (χ0) is 27.5. The van der Waals surface area contributed by atoms with Crippen LogP contribution in [-0.4, -0.2) is 25.5 Å². The summed E-state index contributed by atoms with van der Waals surface area (Å²) in [6.45, 7) is 5.16. The monoisotopic (exact) mass is 554 g/mol. The van der Waals surface area contributed by atoms with Crippen LogP contribution >= 0.6 is 9.24 Å². The molecule has 4 saturated carbocycles. The summed E-state index contributed by atoms with van der Waals surface area (Å²) in [5.74, 6) is 3.45. The minimum atomic E-state index is -0.520. The first-order valence-electron chi connectivity index (χ1n) is 15.0. The number of hydrogen-bond donors (Lipinski definition) is 0. The molecule has 5 heteroatoms. The van der Waals surface area contributed by atoms with E-state index in [1.807, 2.05) is 42.5 Å². The van der Waals surface area contributed by atoms with Crippen molar-refractivity contribution in [2.45, 2.75) is 58.2 Å². The van der Waals surface area contributed by atoms with Gasteiger partial charge in [-0.1, -0.05) is 74.5 Å². The van der Waals surface area contributed by atoms with Crippen LogP contribution < -0.4 is 10.0 Å². The number of para-hydroxylation sites is 1. The molecule has 0 radical (unpaired) electrons. The summed E-state index contributed by atoms with van der Waals surface area (Å²) in [5.41, 5.74) is 4.40. The summed E-state index contributed by atoms with van der Waals surface area (Å²) in [7, 11) is 2.78. The maximum atomic E-state index is 13.4. The quantitative estimate of drug-likeness (QED) is 0.107. The van der Waals surface area contributed by atoms with Gasteiger partial charge in [-0.15, -0.1) is 9.24 Å². The number of rotatable bonds is 11. The lowest BCUT2D eigenvalue weighted by molar-refractivity contribution is -0.473. The number of hydrogen-bond acceptors (Lipinski definition) is 4. The van der Waals surface area contributed by atoms with E-state index in [0.29, 0.717) is 30.1 Å². The summed E-state index contributed by atoms with van der Waals surface area (Å²) < 4.78 is 19.1. The van der Waals surface area contributed by atoms with Gasteiger partial charge in [0.05, 0.1) is 12.2 Å². The van der Waals surface area contributed by atoms with Crippen LogP contribution in [0.25, 0.3) is 11.1 Å². The third-order valence-electron chi connectivity index (χ3n) is 11.0. The zero-order valence-electron chi connectivity index (χ0n) is 23.5. The van der Waals surface area contributed by atoms with E-state index in [1.54, 1.807) is 0 Å². The number of esters is 1. The van der Waals surface area contributed by atoms with Crippen molar-refractivity contribution < 1.29 is 19.0 Å². The fraction of sp³-hybridized carbons (Fsp3) is 0.457. The molecule has 5 atom stereocenters. The van der Waals surface area contributed by atoms with Gasteiger partial charge in [-0.05, 0) is 84.5 Å². The summed E-state index contributed by atoms with van der Waals surface area (Å²) >= 11 is 0. The Balaban J connectivity index is 1.06. The third kappa shape index (κ3) is 3.75. The van der Waals surface area contributed by atoms with E-state index in [0.717, 1.165) is 59.2 Å². The Kier molecular flexibility index (Phi) is 6.56. The van der Waals surface area contributed by atoms with Gasteiger partial charge in [0, 0.05) is 16.3 Å². The van der Waals surface area contributed by atoms with Crippen LogP contribution in [0.4, 0.5) is 0 Å². The van der Waals surface area contributed by atoms with Gasteiger partial charge in [0.15, 0.2) is 0 Å². The van der Waals surface area contributed by atoms with Crippen molar-refractivity contribution in [3.8, 4) is 16.9 Å². The molecule has 7 rings (SSSR count). The highest BCUT2D eigenvalue weighted by molar-refractivity contribution is 7.27. The molecule has 0 aromatic heterocycles. The molecule has 0 aliphatic heterocycles. The molecule has 0 bridgehead atoms. The standard InChI is InChI=1S/C35H39O4P/c1-3-22(2)23-12-14-25(15-13-23)32(36)39-33(34-20-27-18-26-19-28(21-34)35(26,27)34)38-17-16-37-31-29(10-7-11-30(31)40)24-8-5-4-6-9-24/h4-15,22,26-28,33H,3,16-21,40H2,1-2H3. The van der Waals surface area contributed by atoms with Crippen LogP contribution in [-0.2, 0) is 9.47 Å². The van der Waals surface area contributed by atoms with E-state index in [2.05, 4.69) is 53.4 Å². The summed E-state index contributed by atoms with van der Waals surface area (Å²) in [6.07, 6.45) is 5.51. The van der Waals surface area contributed by atoms with Crippen LogP contribution in [0.2, 0.25) is 0 Å². The molecule has 208 valence electrons. The van der Waals surface area contributed by atoms with Gasteiger partial charge >= 0.3 is 5.97 Å². The van der Waals surface area contributed by atoms with Crippen LogP contribution in [0, 0.1) is 28.6 Å². The summed E-state index contributed by atoms with van der Waals surface area (Å²) in [4.78, 5) is 13.4. The lowest BCUT2D eigenvalue weighted by atomic mass is 9.13. The van der Waals surface area contributed by atoms with Crippen molar-refractivity contribution in [2.24, 2.45) is 28.6 Å². The third-order valence-corrected chi connectivity index (χ3v) is 11.4. The van der Waals surface area contributed by atoms with Crippen LogP contribution in [0.1, 0.15) is 67.8 Å². The smallest absolute Gasteiger partial charge is 0.340 e. The molecule has 4 aliphatic rings. The maximum Gasteiger partial charge on any atom is 0.340 e. The summed E-state index contributed by atoms with van der Waals surface area (Å²) in [5, 5.41) is 1.01. The fourth-order valence-electron chi connectivity index (χ4n) is 8.93. The average molecular weight is 555 g/mol. The van der Waals surface area contributed by atoms with Crippen molar-refractivity contribution in [1.29, 1.82) is 0 Å². The zero-order valence-corrected chi connectivity index (χ0v) is 24.6. The highest BCUT2D eigenvalue weighted by Gasteiger charge is 2.90. The molecule has 4 fully saturated rings. The Hall–Kier alpha value is -2.68. The van der Waals surface area contributed by atoms with Crippen LogP contribution in [0.15, 0.2) is 72.8 Å². The number of ether oxygens (including phenoxy) is 3. The highest BCUT2D eigenvalue weighted by Crippen LogP contribution is 2.93. The van der Waals surface area contributed by atoms with Crippen molar-refractivity contribution >= 4 is 20.5 Å². The lowest BCUT2D eigenvalue weighted by Crippen LogP contribution is -2.88. The second-order valence-electron chi connectivity index (χ2n) is 12.5. The predicted octanol–water partition coefficient (Wildman–Crippen LogP) is 7.38. The van der Waals surface area contributed by atoms with Crippen molar-refractivity contribution in [1.82, 2.24) is 0 Å². The fourth-order valence-corrected chi connectivity index (χ4v) is 9.28. The van der Waals surface area contributed by atoms with Gasteiger partial charge in [-0.2, -0.15) is 0 Å². The molecule has 0 N–H and O–H groups in total. The molecular formula is C35H39O4P. The normalized spacial score (nSPS) is 30.2. The highest BCUT2D eigenvalue weighted by atomic mass is 31.0. The number of carbonyl (C=O) groups excluding carboxylic acids is 1. The van der Waals surface area contributed by atoms with Gasteiger partial charge < -0.3 is 14.2 Å². The topological polar surface area (TPSA) is 44.8 Å². The Morgan fingerprint density at radius 2 is 1.65 bits per heavy atom. The van der Waals surface area contributed by atoms with Gasteiger partial charge in [0.2, 0.25) is 6.29 Å². The number of benzene rings is 3. The molecule has 5 unspecified atom stereocenters. The minimum absolute atomic E-state index is 0.0104. The molecular weight excluding hydrogens is 515 g/mol. The second kappa shape index (κ2) is 10.00. The Labute approximate surface area is 240 Å². The van der Waals surface area contributed by atoms with E-state index >= 15 is 0 Å². The number of carbonyl (C=O) groups is 1. The van der Waals surface area contributed by atoms with Gasteiger partial charge in [0.25, 0.3) is 0 Å². The minimum Gasteiger partial charge on any atom is -0.490 e. The van der Waals surface area contributed by atoms with E-state index in [9.17, 15) is 4.79 Å². The van der Waals surface area contributed by atoms with E-state index < -0.39 is 6.29 Å². The molecule has 3 aromatic carbocycles. The van der Waals surface area contributed by atoms with Crippen LogP contribution in [0.3, 0.4) is 0 Å². The molecule has 1 spiro atoms. The molecule has 3 aromatic rings. The van der Waals surface area contributed by atoms with Gasteiger partial charge in [0.1, 0.15) is 12.4 Å². The van der Waals surface area contributed by atoms with E-state index in [4.69, 9.17) is 14.2 Å². The summed E-state index contributed by atoms with van der Waals surface area (Å²) in [6, 6.07) is 24.4. The second-order valence-corrected chi connectivity index (χ2v) is 13.2. The Morgan fingerprint density at radius 1 is 0.925 bits per heavy atom. The van der Waals surface area contributed by atoms with Crippen molar-refractivity contribution in [3.05, 3.63) is 83.9 Å². The molecule has 4 nitrogen and oxygen atoms in total.